The molecule has 1 heterocycles. The molecule has 27 heavy (non-hydrogen) atoms. The number of nitro groups is 1. The highest BCUT2D eigenvalue weighted by Crippen LogP contribution is 2.29. The fraction of sp³-hybridized carbons (Fsp3) is 0.350. The molecule has 2 aromatic rings. The number of anilines is 1. The number of carbonyl (C=O) groups excluding carboxylic acids is 1. The van der Waals surface area contributed by atoms with E-state index in [1.807, 2.05) is 12.1 Å². The van der Waals surface area contributed by atoms with E-state index < -0.39 is 4.92 Å². The van der Waals surface area contributed by atoms with Gasteiger partial charge in [0.05, 0.1) is 11.5 Å². The van der Waals surface area contributed by atoms with Gasteiger partial charge in [-0.15, -0.1) is 0 Å². The Labute approximate surface area is 157 Å². The second-order valence-electron chi connectivity index (χ2n) is 6.84. The molecule has 1 unspecified atom stereocenters. The number of nitrogens with zero attached hydrogens (tertiary/aromatic N) is 2. The molecular formula is C20H23N3O4. The molecule has 0 aliphatic carbocycles. The highest BCUT2D eigenvalue weighted by atomic mass is 16.6. The topological polar surface area (TPSA) is 95.7 Å². The number of piperazine rings is 1. The van der Waals surface area contributed by atoms with Gasteiger partial charge < -0.3 is 15.3 Å². The Morgan fingerprint density at radius 3 is 2.70 bits per heavy atom. The van der Waals surface area contributed by atoms with Crippen LogP contribution in [-0.2, 0) is 0 Å². The van der Waals surface area contributed by atoms with Crippen molar-refractivity contribution in [1.29, 1.82) is 0 Å². The normalized spacial score (nSPS) is 17.0. The first-order chi connectivity index (χ1) is 12.9. The SMILES string of the molecule is Cc1cc(C)c([N+](=O)[O-])cc1C(=O)c1ccccc1N1CCNC(CO)C1. The van der Waals surface area contributed by atoms with Crippen LogP contribution in [0.2, 0.25) is 0 Å². The van der Waals surface area contributed by atoms with E-state index in [1.54, 1.807) is 32.0 Å². The van der Waals surface area contributed by atoms with Crippen LogP contribution >= 0.6 is 0 Å². The quantitative estimate of drug-likeness (QED) is 0.477. The Hall–Kier alpha value is -2.77. The number of aliphatic hydroxyl groups is 1. The average Bonchev–Trinajstić information content (AvgIpc) is 2.67. The van der Waals surface area contributed by atoms with Crippen molar-refractivity contribution in [1.82, 2.24) is 5.32 Å². The van der Waals surface area contributed by atoms with Crippen LogP contribution in [0.25, 0.3) is 0 Å². The summed E-state index contributed by atoms with van der Waals surface area (Å²) in [6.45, 7) is 5.50. The molecule has 7 heteroatoms. The maximum Gasteiger partial charge on any atom is 0.273 e. The number of aliphatic hydroxyl groups excluding tert-OH is 1. The van der Waals surface area contributed by atoms with E-state index in [4.69, 9.17) is 0 Å². The van der Waals surface area contributed by atoms with Crippen molar-refractivity contribution >= 4 is 17.2 Å². The molecular weight excluding hydrogens is 346 g/mol. The van der Waals surface area contributed by atoms with Gasteiger partial charge in [-0.25, -0.2) is 0 Å². The van der Waals surface area contributed by atoms with Crippen LogP contribution in [0.5, 0.6) is 0 Å². The molecule has 2 N–H and O–H groups in total. The smallest absolute Gasteiger partial charge is 0.273 e. The maximum absolute atomic E-state index is 13.3. The third-order valence-corrected chi connectivity index (χ3v) is 4.95. The molecule has 1 aliphatic heterocycles. The summed E-state index contributed by atoms with van der Waals surface area (Å²) in [5, 5.41) is 24.0. The fourth-order valence-electron chi connectivity index (χ4n) is 3.54. The van der Waals surface area contributed by atoms with E-state index in [1.165, 1.54) is 6.07 Å². The molecule has 0 spiro atoms. The maximum atomic E-state index is 13.3. The molecule has 0 bridgehead atoms. The van der Waals surface area contributed by atoms with Gasteiger partial charge in [0.2, 0.25) is 0 Å². The molecule has 3 rings (SSSR count). The van der Waals surface area contributed by atoms with Gasteiger partial charge in [-0.3, -0.25) is 14.9 Å². The monoisotopic (exact) mass is 369 g/mol. The molecule has 1 atom stereocenters. The highest BCUT2D eigenvalue weighted by molar-refractivity contribution is 6.13. The van der Waals surface area contributed by atoms with Crippen LogP contribution in [0, 0.1) is 24.0 Å². The van der Waals surface area contributed by atoms with Crippen molar-refractivity contribution in [2.75, 3.05) is 31.1 Å². The number of benzene rings is 2. The Morgan fingerprint density at radius 2 is 2.00 bits per heavy atom. The summed E-state index contributed by atoms with van der Waals surface area (Å²) in [7, 11) is 0. The van der Waals surface area contributed by atoms with E-state index in [-0.39, 0.29) is 24.1 Å². The van der Waals surface area contributed by atoms with Gasteiger partial charge in [-0.05, 0) is 37.6 Å². The van der Waals surface area contributed by atoms with Crippen molar-refractivity contribution in [3.63, 3.8) is 0 Å². The number of rotatable bonds is 5. The van der Waals surface area contributed by atoms with Crippen molar-refractivity contribution in [2.24, 2.45) is 0 Å². The minimum Gasteiger partial charge on any atom is -0.395 e. The van der Waals surface area contributed by atoms with Gasteiger partial charge in [0.15, 0.2) is 5.78 Å². The first-order valence-corrected chi connectivity index (χ1v) is 8.91. The lowest BCUT2D eigenvalue weighted by molar-refractivity contribution is -0.385. The van der Waals surface area contributed by atoms with Gasteiger partial charge in [0.1, 0.15) is 0 Å². The van der Waals surface area contributed by atoms with Crippen molar-refractivity contribution in [2.45, 2.75) is 19.9 Å². The Balaban J connectivity index is 2.02. The summed E-state index contributed by atoms with van der Waals surface area (Å²) in [4.78, 5) is 26.2. The number of para-hydroxylation sites is 1. The van der Waals surface area contributed by atoms with E-state index in [9.17, 15) is 20.0 Å². The van der Waals surface area contributed by atoms with E-state index >= 15 is 0 Å². The molecule has 0 aromatic heterocycles. The minimum atomic E-state index is -0.459. The molecule has 2 aromatic carbocycles. The van der Waals surface area contributed by atoms with Gasteiger partial charge >= 0.3 is 0 Å². The van der Waals surface area contributed by atoms with Crippen LogP contribution in [0.1, 0.15) is 27.0 Å². The lowest BCUT2D eigenvalue weighted by Crippen LogP contribution is -2.52. The zero-order valence-corrected chi connectivity index (χ0v) is 15.4. The van der Waals surface area contributed by atoms with Gasteiger partial charge in [0.25, 0.3) is 5.69 Å². The predicted molar refractivity (Wildman–Crippen MR) is 104 cm³/mol. The third-order valence-electron chi connectivity index (χ3n) is 4.95. The first-order valence-electron chi connectivity index (χ1n) is 8.91. The average molecular weight is 369 g/mol. The molecule has 0 saturated carbocycles. The van der Waals surface area contributed by atoms with Crippen LogP contribution in [0.15, 0.2) is 36.4 Å². The standard InChI is InChI=1S/C20H23N3O4/c1-13-9-14(2)19(23(26)27)10-17(13)20(25)16-5-3-4-6-18(16)22-8-7-21-15(11-22)12-24/h3-6,9-10,15,21,24H,7-8,11-12H2,1-2H3. The molecule has 0 amide bonds. The molecule has 7 nitrogen and oxygen atoms in total. The number of hydrogen-bond donors (Lipinski definition) is 2. The van der Waals surface area contributed by atoms with E-state index in [2.05, 4.69) is 10.2 Å². The molecule has 0 radical (unpaired) electrons. The van der Waals surface area contributed by atoms with Crippen molar-refractivity contribution in [3.8, 4) is 0 Å². The lowest BCUT2D eigenvalue weighted by atomic mass is 9.95. The number of nitrogens with one attached hydrogen (secondary N) is 1. The summed E-state index contributed by atoms with van der Waals surface area (Å²) in [5.41, 5.74) is 2.83. The van der Waals surface area contributed by atoms with Crippen molar-refractivity contribution in [3.05, 3.63) is 68.8 Å². The molecule has 1 saturated heterocycles. The minimum absolute atomic E-state index is 0.0237. The van der Waals surface area contributed by atoms with E-state index in [0.717, 1.165) is 5.69 Å². The van der Waals surface area contributed by atoms with Crippen LogP contribution in [0.3, 0.4) is 0 Å². The Bertz CT molecular complexity index is 882. The first kappa shape index (κ1) is 19.0. The largest absolute Gasteiger partial charge is 0.395 e. The summed E-state index contributed by atoms with van der Waals surface area (Å²) < 4.78 is 0. The predicted octanol–water partition coefficient (Wildman–Crippen LogP) is 2.21. The highest BCUT2D eigenvalue weighted by Gasteiger charge is 2.25. The van der Waals surface area contributed by atoms with Crippen LogP contribution in [-0.4, -0.2) is 48.1 Å². The molecule has 142 valence electrons. The third kappa shape index (κ3) is 3.84. The Morgan fingerprint density at radius 1 is 1.26 bits per heavy atom. The lowest BCUT2D eigenvalue weighted by Gasteiger charge is -2.35. The fourth-order valence-corrected chi connectivity index (χ4v) is 3.54. The summed E-state index contributed by atoms with van der Waals surface area (Å²) >= 11 is 0. The Kier molecular flexibility index (Phi) is 5.53. The zero-order valence-electron chi connectivity index (χ0n) is 15.4. The van der Waals surface area contributed by atoms with Crippen LogP contribution < -0.4 is 10.2 Å². The number of ketones is 1. The second kappa shape index (κ2) is 7.85. The number of carbonyl (C=O) groups is 1. The van der Waals surface area contributed by atoms with Crippen molar-refractivity contribution < 1.29 is 14.8 Å². The van der Waals surface area contributed by atoms with Crippen LogP contribution in [0.4, 0.5) is 11.4 Å². The zero-order chi connectivity index (χ0) is 19.6. The molecule has 1 fully saturated rings. The van der Waals surface area contributed by atoms with E-state index in [0.29, 0.717) is 41.9 Å². The second-order valence-corrected chi connectivity index (χ2v) is 6.84. The van der Waals surface area contributed by atoms with Gasteiger partial charge in [-0.2, -0.15) is 0 Å². The number of hydrogen-bond acceptors (Lipinski definition) is 6. The summed E-state index contributed by atoms with van der Waals surface area (Å²) in [6, 6.07) is 10.3. The summed E-state index contributed by atoms with van der Waals surface area (Å²) in [6.07, 6.45) is 0. The van der Waals surface area contributed by atoms with Gasteiger partial charge in [-0.1, -0.05) is 12.1 Å². The van der Waals surface area contributed by atoms with Gasteiger partial charge in [0, 0.05) is 54.1 Å². The molecule has 1 aliphatic rings. The number of nitro benzene ring substituents is 1. The summed E-state index contributed by atoms with van der Waals surface area (Å²) in [5.74, 6) is -0.231. The number of aryl methyl sites for hydroxylation is 2.